The van der Waals surface area contributed by atoms with Gasteiger partial charge in [0.05, 0.1) is 0 Å². The maximum atomic E-state index is 12.8. The molecule has 0 spiro atoms. The van der Waals surface area contributed by atoms with Crippen molar-refractivity contribution in [3.05, 3.63) is 48.6 Å². The Kier molecular flexibility index (Phi) is 47.9. The van der Waals surface area contributed by atoms with Gasteiger partial charge in [-0.25, -0.2) is 0 Å². The summed E-state index contributed by atoms with van der Waals surface area (Å²) in [5.41, 5.74) is 0. The quantitative estimate of drug-likeness (QED) is 0.0263. The average molecular weight is 855 g/mol. The summed E-state index contributed by atoms with van der Waals surface area (Å²) in [7, 11) is 0. The number of hydrogen-bond donors (Lipinski definition) is 0. The highest BCUT2D eigenvalue weighted by Gasteiger charge is 2.19. The molecule has 0 aliphatic heterocycles. The van der Waals surface area contributed by atoms with E-state index in [-0.39, 0.29) is 31.1 Å². The highest BCUT2D eigenvalue weighted by Crippen LogP contribution is 2.15. The molecule has 61 heavy (non-hydrogen) atoms. The van der Waals surface area contributed by atoms with Crippen LogP contribution in [0.15, 0.2) is 48.6 Å². The fourth-order valence-corrected chi connectivity index (χ4v) is 7.37. The van der Waals surface area contributed by atoms with E-state index in [1.54, 1.807) is 0 Å². The second-order valence-corrected chi connectivity index (χ2v) is 17.4. The fraction of sp³-hybridized carbons (Fsp3) is 0.800. The lowest BCUT2D eigenvalue weighted by molar-refractivity contribution is -0.167. The van der Waals surface area contributed by atoms with Crippen LogP contribution in [-0.4, -0.2) is 37.2 Å². The van der Waals surface area contributed by atoms with Crippen LogP contribution < -0.4 is 0 Å². The molecule has 6 heteroatoms. The van der Waals surface area contributed by atoms with Gasteiger partial charge in [-0.2, -0.15) is 0 Å². The van der Waals surface area contributed by atoms with Crippen molar-refractivity contribution in [3.63, 3.8) is 0 Å². The number of unbranched alkanes of at least 4 members (excludes halogenated alkanes) is 28. The lowest BCUT2D eigenvalue weighted by atomic mass is 10.0. The van der Waals surface area contributed by atoms with E-state index in [2.05, 4.69) is 69.4 Å². The van der Waals surface area contributed by atoms with Crippen molar-refractivity contribution < 1.29 is 28.6 Å². The molecule has 0 bridgehead atoms. The standard InChI is InChI=1S/C55H98O6/c1-4-7-10-13-16-19-22-24-26-27-28-29-30-32-33-36-39-42-45-48-54(57)60-51-52(50-59-53(56)47-44-41-38-35-21-18-15-12-9-6-3)61-55(58)49-46-43-40-37-34-31-25-23-20-17-14-11-8-5-2/h16,19,24,26,28-29,32-33,52H,4-15,17-18,20-23,25,27,30-31,34-51H2,1-3H3/b19-16-,26-24-,29-28-,33-32-/t52-/m1/s1. The first kappa shape index (κ1) is 58.4. The predicted octanol–water partition coefficient (Wildman–Crippen LogP) is 17.1. The molecule has 0 heterocycles. The van der Waals surface area contributed by atoms with E-state index in [1.807, 2.05) is 0 Å². The van der Waals surface area contributed by atoms with Crippen molar-refractivity contribution in [2.24, 2.45) is 0 Å². The van der Waals surface area contributed by atoms with Gasteiger partial charge >= 0.3 is 17.9 Å². The number of carbonyl (C=O) groups is 3. The molecule has 0 aliphatic carbocycles. The average Bonchev–Trinajstić information content (AvgIpc) is 3.26. The Morgan fingerprint density at radius 3 is 0.951 bits per heavy atom. The Bertz CT molecular complexity index is 1070. The van der Waals surface area contributed by atoms with E-state index >= 15 is 0 Å². The van der Waals surface area contributed by atoms with Gasteiger partial charge in [0.1, 0.15) is 13.2 Å². The van der Waals surface area contributed by atoms with Crippen LogP contribution in [0.3, 0.4) is 0 Å². The number of rotatable bonds is 47. The molecule has 0 unspecified atom stereocenters. The summed E-state index contributed by atoms with van der Waals surface area (Å²) in [6.07, 6.45) is 59.5. The van der Waals surface area contributed by atoms with E-state index < -0.39 is 6.10 Å². The van der Waals surface area contributed by atoms with Gasteiger partial charge in [0.2, 0.25) is 0 Å². The molecule has 6 nitrogen and oxygen atoms in total. The molecule has 0 saturated heterocycles. The molecule has 0 aliphatic rings. The molecular weight excluding hydrogens is 757 g/mol. The minimum absolute atomic E-state index is 0.0799. The SMILES string of the molecule is CCCCC/C=C\C/C=C\C/C=C\C/C=C\CCCCCC(=O)OC[C@@H](COC(=O)CCCCCCCCCCCC)OC(=O)CCCCCCCCCCCCCCCC. The third-order valence-corrected chi connectivity index (χ3v) is 11.3. The van der Waals surface area contributed by atoms with E-state index in [0.29, 0.717) is 19.3 Å². The minimum Gasteiger partial charge on any atom is -0.462 e. The minimum atomic E-state index is -0.780. The number of allylic oxidation sites excluding steroid dienone is 8. The molecule has 1 atom stereocenters. The zero-order valence-corrected chi connectivity index (χ0v) is 40.4. The second kappa shape index (κ2) is 50.0. The lowest BCUT2D eigenvalue weighted by Crippen LogP contribution is -2.30. The predicted molar refractivity (Wildman–Crippen MR) is 261 cm³/mol. The molecule has 354 valence electrons. The largest absolute Gasteiger partial charge is 0.462 e. The van der Waals surface area contributed by atoms with E-state index in [9.17, 15) is 14.4 Å². The number of esters is 3. The normalized spacial score (nSPS) is 12.4. The molecule has 0 fully saturated rings. The van der Waals surface area contributed by atoms with Gasteiger partial charge in [-0.05, 0) is 64.2 Å². The second-order valence-electron chi connectivity index (χ2n) is 17.4. The van der Waals surface area contributed by atoms with Crippen LogP contribution in [0.2, 0.25) is 0 Å². The number of carbonyl (C=O) groups excluding carboxylic acids is 3. The summed E-state index contributed by atoms with van der Waals surface area (Å²) in [5, 5.41) is 0. The zero-order chi connectivity index (χ0) is 44.4. The Morgan fingerprint density at radius 2 is 0.590 bits per heavy atom. The Morgan fingerprint density at radius 1 is 0.328 bits per heavy atom. The first-order valence-electron chi connectivity index (χ1n) is 26.1. The van der Waals surface area contributed by atoms with Crippen molar-refractivity contribution in [3.8, 4) is 0 Å². The highest BCUT2D eigenvalue weighted by atomic mass is 16.6. The van der Waals surface area contributed by atoms with Crippen LogP contribution in [-0.2, 0) is 28.6 Å². The van der Waals surface area contributed by atoms with E-state index in [4.69, 9.17) is 14.2 Å². The monoisotopic (exact) mass is 855 g/mol. The molecule has 0 rings (SSSR count). The van der Waals surface area contributed by atoms with Crippen molar-refractivity contribution in [1.82, 2.24) is 0 Å². The fourth-order valence-electron chi connectivity index (χ4n) is 7.37. The van der Waals surface area contributed by atoms with E-state index in [0.717, 1.165) is 83.5 Å². The molecule has 0 aromatic rings. The van der Waals surface area contributed by atoms with Gasteiger partial charge < -0.3 is 14.2 Å². The zero-order valence-electron chi connectivity index (χ0n) is 40.4. The summed E-state index contributed by atoms with van der Waals surface area (Å²) >= 11 is 0. The van der Waals surface area contributed by atoms with Crippen LogP contribution in [0.5, 0.6) is 0 Å². The highest BCUT2D eigenvalue weighted by molar-refractivity contribution is 5.71. The van der Waals surface area contributed by atoms with Gasteiger partial charge in [-0.15, -0.1) is 0 Å². The first-order valence-corrected chi connectivity index (χ1v) is 26.1. The molecule has 0 amide bonds. The number of ether oxygens (including phenoxy) is 3. The third kappa shape index (κ3) is 48.3. The van der Waals surface area contributed by atoms with Crippen molar-refractivity contribution >= 4 is 17.9 Å². The molecule has 0 saturated carbocycles. The summed E-state index contributed by atoms with van der Waals surface area (Å²) in [5.74, 6) is -0.905. The van der Waals surface area contributed by atoms with Crippen molar-refractivity contribution in [2.45, 2.75) is 271 Å². The van der Waals surface area contributed by atoms with Crippen molar-refractivity contribution in [2.75, 3.05) is 13.2 Å². The summed E-state index contributed by atoms with van der Waals surface area (Å²) < 4.78 is 16.8. The first-order chi connectivity index (χ1) is 30.0. The van der Waals surface area contributed by atoms with Crippen LogP contribution in [0.1, 0.15) is 265 Å². The number of hydrogen-bond acceptors (Lipinski definition) is 6. The topological polar surface area (TPSA) is 78.9 Å². The Balaban J connectivity index is 4.38. The van der Waals surface area contributed by atoms with Gasteiger partial charge in [0.15, 0.2) is 6.10 Å². The van der Waals surface area contributed by atoms with Crippen LogP contribution in [0.4, 0.5) is 0 Å². The molecular formula is C55H98O6. The van der Waals surface area contributed by atoms with Crippen LogP contribution >= 0.6 is 0 Å². The maximum Gasteiger partial charge on any atom is 0.306 e. The van der Waals surface area contributed by atoms with Crippen molar-refractivity contribution in [1.29, 1.82) is 0 Å². The lowest BCUT2D eigenvalue weighted by Gasteiger charge is -2.18. The Hall–Kier alpha value is -2.63. The van der Waals surface area contributed by atoms with Gasteiger partial charge in [0, 0.05) is 19.3 Å². The van der Waals surface area contributed by atoms with Crippen LogP contribution in [0, 0.1) is 0 Å². The summed E-state index contributed by atoms with van der Waals surface area (Å²) in [6.45, 7) is 6.59. The summed E-state index contributed by atoms with van der Waals surface area (Å²) in [4.78, 5) is 37.9. The van der Waals surface area contributed by atoms with Gasteiger partial charge in [-0.3, -0.25) is 14.4 Å². The van der Waals surface area contributed by atoms with E-state index in [1.165, 1.54) is 141 Å². The third-order valence-electron chi connectivity index (χ3n) is 11.3. The molecule has 0 aromatic heterocycles. The Labute approximate surface area is 378 Å². The molecule has 0 radical (unpaired) electrons. The summed E-state index contributed by atoms with van der Waals surface area (Å²) in [6, 6.07) is 0. The smallest absolute Gasteiger partial charge is 0.306 e. The van der Waals surface area contributed by atoms with Gasteiger partial charge in [0.25, 0.3) is 0 Å². The molecule has 0 aromatic carbocycles. The maximum absolute atomic E-state index is 12.8. The van der Waals surface area contributed by atoms with Gasteiger partial charge in [-0.1, -0.05) is 230 Å². The molecule has 0 N–H and O–H groups in total. The van der Waals surface area contributed by atoms with Crippen LogP contribution in [0.25, 0.3) is 0 Å².